The van der Waals surface area contributed by atoms with Gasteiger partial charge in [-0.05, 0) is 24.6 Å². The Labute approximate surface area is 133 Å². The summed E-state index contributed by atoms with van der Waals surface area (Å²) < 4.78 is 14.0. The number of phenols is 1. The highest BCUT2D eigenvalue weighted by molar-refractivity contribution is 6.30. The molecule has 0 radical (unpaired) electrons. The minimum atomic E-state index is -0.545. The van der Waals surface area contributed by atoms with Crippen LogP contribution in [0, 0.1) is 5.82 Å². The third kappa shape index (κ3) is 3.64. The molecule has 0 spiro atoms. The van der Waals surface area contributed by atoms with E-state index in [1.807, 2.05) is 6.92 Å². The van der Waals surface area contributed by atoms with Gasteiger partial charge in [-0.3, -0.25) is 0 Å². The number of nitrogens with zero attached hydrogens (tertiary/aromatic N) is 3. The number of rotatable bonds is 5. The Kier molecular flexibility index (Phi) is 5.15. The third-order valence-electron chi connectivity index (χ3n) is 3.32. The van der Waals surface area contributed by atoms with Crippen molar-refractivity contribution < 1.29 is 9.50 Å². The second kappa shape index (κ2) is 6.89. The van der Waals surface area contributed by atoms with Gasteiger partial charge in [-0.25, -0.2) is 14.4 Å². The normalized spacial score (nSPS) is 12.2. The van der Waals surface area contributed by atoms with Gasteiger partial charge in [0.15, 0.2) is 17.5 Å². The van der Waals surface area contributed by atoms with Crippen molar-refractivity contribution in [1.29, 1.82) is 0 Å². The van der Waals surface area contributed by atoms with Crippen LogP contribution in [0.5, 0.6) is 5.75 Å². The van der Waals surface area contributed by atoms with Gasteiger partial charge in [0, 0.05) is 24.7 Å². The van der Waals surface area contributed by atoms with E-state index in [9.17, 15) is 9.50 Å². The Morgan fingerprint density at radius 1 is 1.45 bits per heavy atom. The highest BCUT2D eigenvalue weighted by Gasteiger charge is 2.16. The molecule has 0 saturated heterocycles. The first kappa shape index (κ1) is 16.5. The molecule has 0 aliphatic rings. The molecule has 1 atom stereocenters. The van der Waals surface area contributed by atoms with Crippen molar-refractivity contribution in [2.75, 3.05) is 18.5 Å². The maximum absolute atomic E-state index is 14.0. The maximum atomic E-state index is 14.0. The number of benzene rings is 1. The van der Waals surface area contributed by atoms with Crippen LogP contribution in [-0.4, -0.2) is 34.7 Å². The lowest BCUT2D eigenvalue weighted by Crippen LogP contribution is -2.35. The number of aromatic nitrogens is 2. The van der Waals surface area contributed by atoms with Crippen LogP contribution >= 0.6 is 11.6 Å². The summed E-state index contributed by atoms with van der Waals surface area (Å²) in [6.45, 7) is 2.43. The molecule has 0 saturated carbocycles. The molecule has 7 heteroatoms. The van der Waals surface area contributed by atoms with Crippen LogP contribution in [0.4, 0.5) is 10.2 Å². The van der Waals surface area contributed by atoms with Gasteiger partial charge in [0.2, 0.25) is 0 Å². The molecular formula is C15H18ClFN4O. The number of hydrogen-bond donors (Lipinski definition) is 2. The molecule has 0 aliphatic heterocycles. The largest absolute Gasteiger partial charge is 0.507 e. The van der Waals surface area contributed by atoms with E-state index in [1.54, 1.807) is 18.0 Å². The summed E-state index contributed by atoms with van der Waals surface area (Å²) in [5, 5.41) is 10.3. The fourth-order valence-electron chi connectivity index (χ4n) is 2.01. The average Bonchev–Trinajstić information content (AvgIpc) is 2.50. The van der Waals surface area contributed by atoms with Gasteiger partial charge in [-0.2, -0.15) is 0 Å². The van der Waals surface area contributed by atoms with E-state index in [-0.39, 0.29) is 23.4 Å². The lowest BCUT2D eigenvalue weighted by molar-refractivity contribution is 0.476. The zero-order valence-electron chi connectivity index (χ0n) is 12.4. The molecule has 0 amide bonds. The summed E-state index contributed by atoms with van der Waals surface area (Å²) in [6, 6.07) is 4.45. The first-order chi connectivity index (χ1) is 10.4. The Balaban J connectivity index is 2.40. The highest BCUT2D eigenvalue weighted by atomic mass is 35.5. The molecule has 3 N–H and O–H groups in total. The van der Waals surface area contributed by atoms with Crippen LogP contribution in [0.1, 0.15) is 13.3 Å². The number of nitrogens with two attached hydrogens (primary N) is 1. The molecule has 1 heterocycles. The van der Waals surface area contributed by atoms with E-state index in [4.69, 9.17) is 17.3 Å². The number of hydrogen-bond acceptors (Lipinski definition) is 5. The molecule has 0 unspecified atom stereocenters. The Hall–Kier alpha value is -1.92. The molecule has 2 aromatic rings. The smallest absolute Gasteiger partial charge is 0.183 e. The standard InChI is InChI=1S/C15H18ClFN4O/c1-3-10(18)8-21(2)15-12(17)7-19-14(20-15)11-6-9(16)4-5-13(11)22/h4-7,10,22H,3,8,18H2,1-2H3/t10-/m0/s1. The number of likely N-dealkylation sites (N-methyl/N-ethyl adjacent to an activating group) is 1. The van der Waals surface area contributed by atoms with Gasteiger partial charge >= 0.3 is 0 Å². The van der Waals surface area contributed by atoms with Crippen molar-refractivity contribution in [1.82, 2.24) is 9.97 Å². The number of aromatic hydroxyl groups is 1. The van der Waals surface area contributed by atoms with Gasteiger partial charge in [-0.15, -0.1) is 0 Å². The zero-order valence-corrected chi connectivity index (χ0v) is 13.2. The second-order valence-electron chi connectivity index (χ2n) is 5.08. The first-order valence-electron chi connectivity index (χ1n) is 6.90. The van der Waals surface area contributed by atoms with Gasteiger partial charge in [0.05, 0.1) is 11.8 Å². The van der Waals surface area contributed by atoms with Crippen molar-refractivity contribution in [3.63, 3.8) is 0 Å². The summed E-state index contributed by atoms with van der Waals surface area (Å²) in [5.41, 5.74) is 6.24. The molecule has 0 fully saturated rings. The average molecular weight is 325 g/mol. The van der Waals surface area contributed by atoms with Crippen molar-refractivity contribution >= 4 is 17.4 Å². The van der Waals surface area contributed by atoms with Gasteiger partial charge < -0.3 is 15.7 Å². The van der Waals surface area contributed by atoms with E-state index >= 15 is 0 Å². The molecule has 0 bridgehead atoms. The second-order valence-corrected chi connectivity index (χ2v) is 5.51. The number of halogens is 2. The molecule has 118 valence electrons. The molecular weight excluding hydrogens is 307 g/mol. The summed E-state index contributed by atoms with van der Waals surface area (Å²) in [4.78, 5) is 9.76. The van der Waals surface area contributed by atoms with Crippen LogP contribution in [-0.2, 0) is 0 Å². The summed E-state index contributed by atoms with van der Waals surface area (Å²) in [5.74, 6) is -0.229. The summed E-state index contributed by atoms with van der Waals surface area (Å²) >= 11 is 5.92. The SMILES string of the molecule is CC[C@H](N)CN(C)c1nc(-c2cc(Cl)ccc2O)ncc1F. The fourth-order valence-corrected chi connectivity index (χ4v) is 2.18. The zero-order chi connectivity index (χ0) is 16.3. The van der Waals surface area contributed by atoms with E-state index in [0.717, 1.165) is 12.6 Å². The maximum Gasteiger partial charge on any atom is 0.183 e. The van der Waals surface area contributed by atoms with Crippen molar-refractivity contribution in [3.05, 3.63) is 35.2 Å². The summed E-state index contributed by atoms with van der Waals surface area (Å²) in [7, 11) is 1.71. The monoisotopic (exact) mass is 324 g/mol. The number of phenolic OH excluding ortho intramolecular Hbond substituents is 1. The highest BCUT2D eigenvalue weighted by Crippen LogP contribution is 2.30. The molecule has 0 aliphatic carbocycles. The minimum absolute atomic E-state index is 0.0186. The fraction of sp³-hybridized carbons (Fsp3) is 0.333. The minimum Gasteiger partial charge on any atom is -0.507 e. The van der Waals surface area contributed by atoms with Crippen LogP contribution in [0.2, 0.25) is 5.02 Å². The van der Waals surface area contributed by atoms with Gasteiger partial charge in [0.1, 0.15) is 5.75 Å². The Morgan fingerprint density at radius 2 is 2.18 bits per heavy atom. The predicted octanol–water partition coefficient (Wildman–Crippen LogP) is 2.82. The quantitative estimate of drug-likeness (QED) is 0.884. The molecule has 22 heavy (non-hydrogen) atoms. The van der Waals surface area contributed by atoms with Crippen LogP contribution in [0.3, 0.4) is 0 Å². The number of anilines is 1. The summed E-state index contributed by atoms with van der Waals surface area (Å²) in [6.07, 6.45) is 1.85. The molecule has 1 aromatic heterocycles. The van der Waals surface area contributed by atoms with Crippen LogP contribution < -0.4 is 10.6 Å². The van der Waals surface area contributed by atoms with E-state index in [0.29, 0.717) is 17.1 Å². The van der Waals surface area contributed by atoms with Gasteiger partial charge in [0.25, 0.3) is 0 Å². The molecule has 1 aromatic carbocycles. The Bertz CT molecular complexity index is 668. The van der Waals surface area contributed by atoms with E-state index in [1.165, 1.54) is 12.1 Å². The molecule has 2 rings (SSSR count). The van der Waals surface area contributed by atoms with Crippen molar-refractivity contribution in [2.24, 2.45) is 5.73 Å². The Morgan fingerprint density at radius 3 is 2.86 bits per heavy atom. The van der Waals surface area contributed by atoms with Crippen molar-refractivity contribution in [3.8, 4) is 17.1 Å². The van der Waals surface area contributed by atoms with Crippen molar-refractivity contribution in [2.45, 2.75) is 19.4 Å². The first-order valence-corrected chi connectivity index (χ1v) is 7.28. The van der Waals surface area contributed by atoms with Gasteiger partial charge in [-0.1, -0.05) is 18.5 Å². The third-order valence-corrected chi connectivity index (χ3v) is 3.55. The van der Waals surface area contributed by atoms with Crippen LogP contribution in [0.25, 0.3) is 11.4 Å². The lowest BCUT2D eigenvalue weighted by Gasteiger charge is -2.22. The predicted molar refractivity (Wildman–Crippen MR) is 85.6 cm³/mol. The van der Waals surface area contributed by atoms with E-state index < -0.39 is 5.82 Å². The lowest BCUT2D eigenvalue weighted by atomic mass is 10.2. The van der Waals surface area contributed by atoms with E-state index in [2.05, 4.69) is 9.97 Å². The molecule has 5 nitrogen and oxygen atoms in total. The topological polar surface area (TPSA) is 75.3 Å². The van der Waals surface area contributed by atoms with Crippen LogP contribution in [0.15, 0.2) is 24.4 Å².